The predicted molar refractivity (Wildman–Crippen MR) is 56.5 cm³/mol. The van der Waals surface area contributed by atoms with E-state index in [0.717, 1.165) is 11.3 Å². The second-order valence-electron chi connectivity index (χ2n) is 3.38. The molecule has 0 heterocycles. The normalized spacial score (nSPS) is 10.0. The Bertz CT molecular complexity index is 352. The van der Waals surface area contributed by atoms with Crippen LogP contribution in [0.4, 0.5) is 10.1 Å². The highest BCUT2D eigenvalue weighted by atomic mass is 19.1. The van der Waals surface area contributed by atoms with Crippen LogP contribution >= 0.6 is 0 Å². The van der Waals surface area contributed by atoms with Gasteiger partial charge >= 0.3 is 5.97 Å². The van der Waals surface area contributed by atoms with Gasteiger partial charge in [-0.25, -0.2) is 4.39 Å². The number of aliphatic carboxylic acids is 1. The van der Waals surface area contributed by atoms with Gasteiger partial charge < -0.3 is 10.4 Å². The molecule has 0 aromatic heterocycles. The van der Waals surface area contributed by atoms with Gasteiger partial charge in [0.05, 0.1) is 0 Å². The highest BCUT2D eigenvalue weighted by molar-refractivity contribution is 5.66. The van der Waals surface area contributed by atoms with E-state index in [4.69, 9.17) is 5.11 Å². The van der Waals surface area contributed by atoms with Gasteiger partial charge in [0, 0.05) is 18.7 Å². The summed E-state index contributed by atoms with van der Waals surface area (Å²) in [6.45, 7) is 2.39. The van der Waals surface area contributed by atoms with Gasteiger partial charge in [-0.1, -0.05) is 0 Å². The molecule has 0 saturated carbocycles. The van der Waals surface area contributed by atoms with Crippen LogP contribution in [0, 0.1) is 12.7 Å². The molecule has 0 aliphatic carbocycles. The molecule has 0 unspecified atom stereocenters. The van der Waals surface area contributed by atoms with E-state index in [-0.39, 0.29) is 12.2 Å². The summed E-state index contributed by atoms with van der Waals surface area (Å²) < 4.78 is 12.7. The van der Waals surface area contributed by atoms with Crippen molar-refractivity contribution in [3.63, 3.8) is 0 Å². The van der Waals surface area contributed by atoms with Gasteiger partial charge in [0.2, 0.25) is 0 Å². The molecular formula is C11H14FNO2. The number of aryl methyl sites for hydroxylation is 1. The minimum Gasteiger partial charge on any atom is -0.481 e. The van der Waals surface area contributed by atoms with Gasteiger partial charge in [0.1, 0.15) is 5.82 Å². The molecule has 0 spiro atoms. The number of carboxylic acid groups (broad SMARTS) is 1. The van der Waals surface area contributed by atoms with Crippen molar-refractivity contribution in [3.8, 4) is 0 Å². The molecule has 0 aliphatic heterocycles. The summed E-state index contributed by atoms with van der Waals surface area (Å²) in [5.74, 6) is -1.06. The summed E-state index contributed by atoms with van der Waals surface area (Å²) in [5, 5.41) is 11.5. The van der Waals surface area contributed by atoms with E-state index in [1.165, 1.54) is 12.1 Å². The molecule has 2 N–H and O–H groups in total. The first-order chi connectivity index (χ1) is 7.09. The zero-order chi connectivity index (χ0) is 11.3. The van der Waals surface area contributed by atoms with E-state index in [2.05, 4.69) is 5.32 Å². The lowest BCUT2D eigenvalue weighted by Gasteiger charge is -2.08. The standard InChI is InChI=1S/C11H14FNO2/c1-8-7-9(12)4-5-10(8)13-6-2-3-11(14)15/h4-5,7,13H,2-3,6H2,1H3,(H,14,15). The number of rotatable bonds is 5. The van der Waals surface area contributed by atoms with Gasteiger partial charge in [-0.2, -0.15) is 0 Å². The summed E-state index contributed by atoms with van der Waals surface area (Å²) in [4.78, 5) is 10.2. The van der Waals surface area contributed by atoms with Crippen molar-refractivity contribution in [1.29, 1.82) is 0 Å². The lowest BCUT2D eigenvalue weighted by Crippen LogP contribution is -2.05. The van der Waals surface area contributed by atoms with Crippen LogP contribution in [0.3, 0.4) is 0 Å². The third kappa shape index (κ3) is 3.97. The van der Waals surface area contributed by atoms with Crippen molar-refractivity contribution in [2.24, 2.45) is 0 Å². The van der Waals surface area contributed by atoms with Crippen molar-refractivity contribution in [2.45, 2.75) is 19.8 Å². The Kier molecular flexibility index (Phi) is 4.09. The first-order valence-electron chi connectivity index (χ1n) is 4.81. The fourth-order valence-corrected chi connectivity index (χ4v) is 1.29. The highest BCUT2D eigenvalue weighted by Crippen LogP contribution is 2.15. The molecule has 0 aliphatic rings. The molecule has 1 aromatic carbocycles. The van der Waals surface area contributed by atoms with Crippen molar-refractivity contribution in [2.75, 3.05) is 11.9 Å². The second kappa shape index (κ2) is 5.34. The lowest BCUT2D eigenvalue weighted by atomic mass is 10.2. The number of carbonyl (C=O) groups is 1. The maximum Gasteiger partial charge on any atom is 0.303 e. The molecule has 0 fully saturated rings. The molecule has 0 bridgehead atoms. The Morgan fingerprint density at radius 1 is 1.53 bits per heavy atom. The van der Waals surface area contributed by atoms with Crippen LogP contribution in [0.5, 0.6) is 0 Å². The monoisotopic (exact) mass is 211 g/mol. The zero-order valence-corrected chi connectivity index (χ0v) is 8.59. The summed E-state index contributed by atoms with van der Waals surface area (Å²) in [6.07, 6.45) is 0.708. The average Bonchev–Trinajstić information content (AvgIpc) is 2.14. The van der Waals surface area contributed by atoms with Gasteiger partial charge in [-0.15, -0.1) is 0 Å². The molecule has 0 amide bonds. The highest BCUT2D eigenvalue weighted by Gasteiger charge is 2.00. The Hall–Kier alpha value is -1.58. The van der Waals surface area contributed by atoms with Gasteiger partial charge in [0.15, 0.2) is 0 Å². The Labute approximate surface area is 87.9 Å². The molecule has 3 nitrogen and oxygen atoms in total. The fourth-order valence-electron chi connectivity index (χ4n) is 1.29. The van der Waals surface area contributed by atoms with E-state index < -0.39 is 5.97 Å². The van der Waals surface area contributed by atoms with Crippen LogP contribution in [0.2, 0.25) is 0 Å². The molecule has 0 radical (unpaired) electrons. The quantitative estimate of drug-likeness (QED) is 0.735. The SMILES string of the molecule is Cc1cc(F)ccc1NCCCC(=O)O. The summed E-state index contributed by atoms with van der Waals surface area (Å²) in [5.41, 5.74) is 1.67. The molecular weight excluding hydrogens is 197 g/mol. The zero-order valence-electron chi connectivity index (χ0n) is 8.59. The Balaban J connectivity index is 2.40. The lowest BCUT2D eigenvalue weighted by molar-refractivity contribution is -0.137. The van der Waals surface area contributed by atoms with E-state index in [1.807, 2.05) is 6.92 Å². The molecule has 82 valence electrons. The topological polar surface area (TPSA) is 49.3 Å². The largest absolute Gasteiger partial charge is 0.481 e. The van der Waals surface area contributed by atoms with E-state index in [9.17, 15) is 9.18 Å². The molecule has 0 saturated heterocycles. The number of hydrogen-bond acceptors (Lipinski definition) is 2. The predicted octanol–water partition coefficient (Wildman–Crippen LogP) is 2.41. The molecule has 4 heteroatoms. The fraction of sp³-hybridized carbons (Fsp3) is 0.364. The third-order valence-electron chi connectivity index (χ3n) is 2.07. The number of nitrogens with one attached hydrogen (secondary N) is 1. The third-order valence-corrected chi connectivity index (χ3v) is 2.07. The van der Waals surface area contributed by atoms with Crippen LogP contribution in [0.1, 0.15) is 18.4 Å². The van der Waals surface area contributed by atoms with Crippen LogP contribution in [-0.4, -0.2) is 17.6 Å². The average molecular weight is 211 g/mol. The number of benzene rings is 1. The maximum absolute atomic E-state index is 12.7. The maximum atomic E-state index is 12.7. The van der Waals surface area contributed by atoms with Crippen LogP contribution in [0.15, 0.2) is 18.2 Å². The van der Waals surface area contributed by atoms with Crippen molar-refractivity contribution < 1.29 is 14.3 Å². The van der Waals surface area contributed by atoms with Crippen molar-refractivity contribution in [3.05, 3.63) is 29.6 Å². The van der Waals surface area contributed by atoms with E-state index >= 15 is 0 Å². The summed E-state index contributed by atoms with van der Waals surface area (Å²) >= 11 is 0. The minimum absolute atomic E-state index is 0.146. The van der Waals surface area contributed by atoms with Crippen molar-refractivity contribution in [1.82, 2.24) is 0 Å². The van der Waals surface area contributed by atoms with Gasteiger partial charge in [-0.05, 0) is 37.1 Å². The summed E-state index contributed by atoms with van der Waals surface area (Å²) in [7, 11) is 0. The number of anilines is 1. The molecule has 15 heavy (non-hydrogen) atoms. The smallest absolute Gasteiger partial charge is 0.303 e. The van der Waals surface area contributed by atoms with Gasteiger partial charge in [0.25, 0.3) is 0 Å². The van der Waals surface area contributed by atoms with Crippen LogP contribution in [0.25, 0.3) is 0 Å². The number of halogens is 1. The van der Waals surface area contributed by atoms with Crippen LogP contribution in [-0.2, 0) is 4.79 Å². The number of hydrogen-bond donors (Lipinski definition) is 2. The summed E-state index contributed by atoms with van der Waals surface area (Å²) in [6, 6.07) is 4.48. The first kappa shape index (κ1) is 11.5. The molecule has 1 aromatic rings. The van der Waals surface area contributed by atoms with Gasteiger partial charge in [-0.3, -0.25) is 4.79 Å². The first-order valence-corrected chi connectivity index (χ1v) is 4.81. The minimum atomic E-state index is -0.798. The van der Waals surface area contributed by atoms with Crippen molar-refractivity contribution >= 4 is 11.7 Å². The van der Waals surface area contributed by atoms with Crippen LogP contribution < -0.4 is 5.32 Å². The molecule has 0 atom stereocenters. The Morgan fingerprint density at radius 2 is 2.27 bits per heavy atom. The van der Waals surface area contributed by atoms with E-state index in [1.54, 1.807) is 6.07 Å². The second-order valence-corrected chi connectivity index (χ2v) is 3.38. The Morgan fingerprint density at radius 3 is 2.87 bits per heavy atom. The molecule has 1 rings (SSSR count). The number of carboxylic acids is 1. The van der Waals surface area contributed by atoms with E-state index in [0.29, 0.717) is 13.0 Å².